The summed E-state index contributed by atoms with van der Waals surface area (Å²) in [6.07, 6.45) is 28.3. The van der Waals surface area contributed by atoms with Crippen LogP contribution in [0.5, 0.6) is 0 Å². The molecule has 5 aliphatic rings. The van der Waals surface area contributed by atoms with E-state index in [0.717, 1.165) is 90.5 Å². The average Bonchev–Trinajstić information content (AvgIpc) is 3.65. The Labute approximate surface area is 331 Å². The smallest absolute Gasteiger partial charge is 0.164 e. The highest BCUT2D eigenvalue weighted by Gasteiger charge is 2.34. The van der Waals surface area contributed by atoms with Gasteiger partial charge >= 0.3 is 0 Å². The molecule has 3 aromatic carbocycles. The van der Waals surface area contributed by atoms with Crippen LogP contribution < -0.4 is 5.32 Å². The van der Waals surface area contributed by atoms with Crippen molar-refractivity contribution in [2.75, 3.05) is 0 Å². The largest absolute Gasteiger partial charge is 0.325 e. The van der Waals surface area contributed by atoms with Crippen molar-refractivity contribution < 1.29 is 0 Å². The lowest BCUT2D eigenvalue weighted by atomic mass is 9.79. The Balaban J connectivity index is 1.16. The summed E-state index contributed by atoms with van der Waals surface area (Å²) >= 11 is 1.86. The third kappa shape index (κ3) is 6.66. The molecule has 5 aromatic rings. The normalized spacial score (nSPS) is 20.9. The van der Waals surface area contributed by atoms with Crippen LogP contribution >= 0.6 is 11.3 Å². The molecule has 0 bridgehead atoms. The van der Waals surface area contributed by atoms with Gasteiger partial charge in [0, 0.05) is 42.8 Å². The van der Waals surface area contributed by atoms with Crippen LogP contribution in [0.1, 0.15) is 80.5 Å². The van der Waals surface area contributed by atoms with E-state index in [4.69, 9.17) is 24.9 Å². The summed E-state index contributed by atoms with van der Waals surface area (Å²) < 4.78 is 2.59. The Bertz CT molecular complexity index is 2710. The third-order valence-electron chi connectivity index (χ3n) is 11.4. The van der Waals surface area contributed by atoms with Crippen LogP contribution in [0.3, 0.4) is 0 Å². The molecule has 2 atom stereocenters. The minimum atomic E-state index is -0.351. The van der Waals surface area contributed by atoms with E-state index < -0.39 is 0 Å². The molecule has 6 nitrogen and oxygen atoms in total. The zero-order valence-corrected chi connectivity index (χ0v) is 32.3. The van der Waals surface area contributed by atoms with Crippen LogP contribution in [0.2, 0.25) is 0 Å². The molecular weight excluding hydrogens is 705 g/mol. The minimum absolute atomic E-state index is 0.0343. The fourth-order valence-electron chi connectivity index (χ4n) is 8.33. The first-order chi connectivity index (χ1) is 27.6. The quantitative estimate of drug-likeness (QED) is 0.180. The molecule has 3 heterocycles. The number of benzene rings is 3. The number of hydrogen-bond acceptors (Lipinski definition) is 7. The third-order valence-corrected chi connectivity index (χ3v) is 12.5. The first-order valence-electron chi connectivity index (χ1n) is 19.8. The number of allylic oxidation sites excluding steroid dienone is 14. The second-order valence-corrected chi connectivity index (χ2v) is 16.1. The molecule has 1 aliphatic heterocycles. The second kappa shape index (κ2) is 14.9. The van der Waals surface area contributed by atoms with Crippen LogP contribution in [0, 0.1) is 5.92 Å². The lowest BCUT2D eigenvalue weighted by molar-refractivity contribution is 0.498. The predicted molar refractivity (Wildman–Crippen MR) is 234 cm³/mol. The fraction of sp³-hybridized carbons (Fsp3) is 0.204. The maximum absolute atomic E-state index is 5.44. The molecule has 2 aromatic heterocycles. The van der Waals surface area contributed by atoms with E-state index >= 15 is 0 Å². The SMILES string of the molecule is CC1=C(c2nc(C3=CCCC=C3)nc(C3=CC=CCC3)n2)C=C(c2ccc3c(c2)sc2ccccc23)CC1C1N=C(C2=CC=CCC2)NC(c2ccccc2)=N1. The van der Waals surface area contributed by atoms with Crippen LogP contribution in [-0.2, 0) is 0 Å². The lowest BCUT2D eigenvalue weighted by Crippen LogP contribution is -2.40. The van der Waals surface area contributed by atoms with Gasteiger partial charge in [0.05, 0.1) is 0 Å². The first kappa shape index (κ1) is 34.4. The number of rotatable bonds is 7. The van der Waals surface area contributed by atoms with Gasteiger partial charge in [0.15, 0.2) is 23.6 Å². The lowest BCUT2D eigenvalue weighted by Gasteiger charge is -2.33. The molecule has 0 saturated heterocycles. The Hall–Kier alpha value is -6.05. The molecule has 0 fully saturated rings. The van der Waals surface area contributed by atoms with Crippen molar-refractivity contribution >= 4 is 65.5 Å². The highest BCUT2D eigenvalue weighted by molar-refractivity contribution is 7.25. The topological polar surface area (TPSA) is 75.4 Å². The summed E-state index contributed by atoms with van der Waals surface area (Å²) in [4.78, 5) is 26.5. The van der Waals surface area contributed by atoms with E-state index in [2.05, 4.69) is 146 Å². The number of thiophene rings is 1. The molecule has 0 saturated carbocycles. The molecule has 2 unspecified atom stereocenters. The standard InChI is InChI=1S/C49H42N6S/c1-31-40(48-52-44(32-16-6-2-7-17-32)50-45(53-48)33-18-8-3-9-19-33)28-37(36-26-27-39-38-24-14-15-25-42(38)56-43(39)30-36)29-41(31)49-54-46(34-20-10-4-11-21-34)51-47(55-49)35-22-12-5-13-23-35/h2-4,6-8,10,12,14-18,20,22-27,29-30,40,48H,5,9,11,13,19,21,28H2,1H3,(H,50,52,53). The van der Waals surface area contributed by atoms with E-state index in [-0.39, 0.29) is 12.1 Å². The zero-order chi connectivity index (χ0) is 37.4. The number of amidine groups is 2. The number of nitrogens with one attached hydrogen (secondary N) is 1. The van der Waals surface area contributed by atoms with Gasteiger partial charge in [-0.15, -0.1) is 11.3 Å². The molecule has 56 heavy (non-hydrogen) atoms. The van der Waals surface area contributed by atoms with Crippen LogP contribution in [0.15, 0.2) is 155 Å². The van der Waals surface area contributed by atoms with Gasteiger partial charge in [-0.25, -0.2) is 24.9 Å². The summed E-state index contributed by atoms with van der Waals surface area (Å²) in [5.74, 6) is 3.91. The Morgan fingerprint density at radius 1 is 0.643 bits per heavy atom. The maximum Gasteiger partial charge on any atom is 0.164 e. The van der Waals surface area contributed by atoms with Crippen LogP contribution in [0.4, 0.5) is 0 Å². The van der Waals surface area contributed by atoms with E-state index in [1.54, 1.807) is 0 Å². The first-order valence-corrected chi connectivity index (χ1v) is 20.6. The summed E-state index contributed by atoms with van der Waals surface area (Å²) in [6, 6.07) is 26.1. The maximum atomic E-state index is 5.44. The Morgan fingerprint density at radius 3 is 2.20 bits per heavy atom. The Kier molecular flexibility index (Phi) is 9.16. The van der Waals surface area contributed by atoms with E-state index in [1.807, 2.05) is 11.3 Å². The van der Waals surface area contributed by atoms with Gasteiger partial charge < -0.3 is 5.32 Å². The zero-order valence-electron chi connectivity index (χ0n) is 31.5. The van der Waals surface area contributed by atoms with Crippen molar-refractivity contribution in [2.45, 2.75) is 58.0 Å². The number of aromatic nitrogens is 3. The van der Waals surface area contributed by atoms with Crippen molar-refractivity contribution in [1.29, 1.82) is 0 Å². The van der Waals surface area contributed by atoms with Gasteiger partial charge in [-0.3, -0.25) is 0 Å². The summed E-state index contributed by atoms with van der Waals surface area (Å²) in [5, 5.41) is 6.24. The monoisotopic (exact) mass is 746 g/mol. The van der Waals surface area contributed by atoms with Gasteiger partial charge in [-0.05, 0) is 92.4 Å². The molecule has 0 radical (unpaired) electrons. The van der Waals surface area contributed by atoms with Crippen molar-refractivity contribution in [1.82, 2.24) is 20.3 Å². The highest BCUT2D eigenvalue weighted by Crippen LogP contribution is 2.43. The van der Waals surface area contributed by atoms with E-state index in [0.29, 0.717) is 5.82 Å². The van der Waals surface area contributed by atoms with Gasteiger partial charge in [-0.1, -0.05) is 121 Å². The van der Waals surface area contributed by atoms with Crippen molar-refractivity contribution in [3.8, 4) is 0 Å². The van der Waals surface area contributed by atoms with Gasteiger partial charge in [0.1, 0.15) is 11.7 Å². The minimum Gasteiger partial charge on any atom is -0.325 e. The van der Waals surface area contributed by atoms with E-state index in [9.17, 15) is 0 Å². The molecule has 7 heteroatoms. The average molecular weight is 747 g/mol. The molecular formula is C49H42N6S. The van der Waals surface area contributed by atoms with Crippen molar-refractivity contribution in [3.05, 3.63) is 173 Å². The number of nitrogens with zero attached hydrogens (tertiary/aromatic N) is 5. The van der Waals surface area contributed by atoms with Crippen molar-refractivity contribution in [3.63, 3.8) is 0 Å². The van der Waals surface area contributed by atoms with Gasteiger partial charge in [0.25, 0.3) is 0 Å². The van der Waals surface area contributed by atoms with Crippen LogP contribution in [-0.4, -0.2) is 32.8 Å². The number of aliphatic imine (C=N–C) groups is 2. The molecule has 0 amide bonds. The Morgan fingerprint density at radius 2 is 1.39 bits per heavy atom. The van der Waals surface area contributed by atoms with Gasteiger partial charge in [0.2, 0.25) is 0 Å². The number of hydrogen-bond donors (Lipinski definition) is 1. The second-order valence-electron chi connectivity index (χ2n) is 15.0. The number of fused-ring (bicyclic) bond motifs is 3. The van der Waals surface area contributed by atoms with Crippen molar-refractivity contribution in [2.24, 2.45) is 15.9 Å². The summed E-state index contributed by atoms with van der Waals surface area (Å²) in [7, 11) is 0. The molecule has 0 spiro atoms. The van der Waals surface area contributed by atoms with Gasteiger partial charge in [-0.2, -0.15) is 0 Å². The predicted octanol–water partition coefficient (Wildman–Crippen LogP) is 11.6. The molecule has 4 aliphatic carbocycles. The molecule has 274 valence electrons. The molecule has 10 rings (SSSR count). The van der Waals surface area contributed by atoms with E-state index in [1.165, 1.54) is 42.5 Å². The molecule has 1 N–H and O–H groups in total. The summed E-state index contributed by atoms with van der Waals surface area (Å²) in [5.41, 5.74) is 9.11. The van der Waals surface area contributed by atoms with Crippen LogP contribution in [0.25, 0.3) is 42.5 Å². The summed E-state index contributed by atoms with van der Waals surface area (Å²) in [6.45, 7) is 2.24. The fourth-order valence-corrected chi connectivity index (χ4v) is 9.47. The highest BCUT2D eigenvalue weighted by atomic mass is 32.1.